The van der Waals surface area contributed by atoms with Crippen LogP contribution in [0.4, 0.5) is 5.69 Å². The Morgan fingerprint density at radius 3 is 2.65 bits per heavy atom. The van der Waals surface area contributed by atoms with Crippen molar-refractivity contribution >= 4 is 17.5 Å². The van der Waals surface area contributed by atoms with Crippen molar-refractivity contribution in [1.82, 2.24) is 10.2 Å². The van der Waals surface area contributed by atoms with Gasteiger partial charge in [-0.25, -0.2) is 0 Å². The first-order valence-electron chi connectivity index (χ1n) is 9.74. The van der Waals surface area contributed by atoms with E-state index in [-0.39, 0.29) is 17.9 Å². The number of carbonyl (C=O) groups excluding carboxylic acids is 2. The minimum atomic E-state index is -0.385. The van der Waals surface area contributed by atoms with Gasteiger partial charge in [-0.05, 0) is 55.4 Å². The summed E-state index contributed by atoms with van der Waals surface area (Å²) in [5.41, 5.74) is 3.74. The third kappa shape index (κ3) is 3.00. The van der Waals surface area contributed by atoms with Gasteiger partial charge in [0, 0.05) is 36.6 Å². The van der Waals surface area contributed by atoms with E-state index in [1.54, 1.807) is 4.90 Å². The fraction of sp³-hybridized carbons (Fsp3) is 0.524. The molecule has 1 atom stereocenters. The van der Waals surface area contributed by atoms with Crippen LogP contribution in [0.15, 0.2) is 30.5 Å². The highest BCUT2D eigenvalue weighted by molar-refractivity contribution is 6.01. The van der Waals surface area contributed by atoms with E-state index in [1.165, 1.54) is 24.9 Å². The Morgan fingerprint density at radius 2 is 1.96 bits per heavy atom. The molecule has 5 nitrogen and oxygen atoms in total. The second kappa shape index (κ2) is 6.78. The van der Waals surface area contributed by atoms with E-state index in [2.05, 4.69) is 35.9 Å². The summed E-state index contributed by atoms with van der Waals surface area (Å²) in [6, 6.07) is 5.77. The van der Waals surface area contributed by atoms with Crippen molar-refractivity contribution in [2.45, 2.75) is 51.6 Å². The van der Waals surface area contributed by atoms with Crippen molar-refractivity contribution in [3.05, 3.63) is 41.6 Å². The number of anilines is 1. The van der Waals surface area contributed by atoms with Gasteiger partial charge in [-0.3, -0.25) is 9.59 Å². The number of rotatable bonds is 3. The molecule has 1 aromatic rings. The smallest absolute Gasteiger partial charge is 0.255 e. The van der Waals surface area contributed by atoms with Crippen LogP contribution in [0, 0.1) is 5.92 Å². The number of benzene rings is 1. The molecule has 138 valence electrons. The minimum absolute atomic E-state index is 0.0242. The zero-order chi connectivity index (χ0) is 18.3. The molecule has 2 saturated heterocycles. The van der Waals surface area contributed by atoms with Gasteiger partial charge in [0.25, 0.3) is 5.91 Å². The molecule has 2 amide bonds. The molecule has 0 bridgehead atoms. The number of nitrogens with one attached hydrogen (secondary N) is 1. The van der Waals surface area contributed by atoms with Crippen LogP contribution in [-0.2, 0) is 11.3 Å². The summed E-state index contributed by atoms with van der Waals surface area (Å²) in [4.78, 5) is 29.2. The van der Waals surface area contributed by atoms with E-state index in [0.717, 1.165) is 42.3 Å². The van der Waals surface area contributed by atoms with Crippen molar-refractivity contribution < 1.29 is 9.59 Å². The summed E-state index contributed by atoms with van der Waals surface area (Å²) in [7, 11) is 0. The fourth-order valence-corrected chi connectivity index (χ4v) is 4.44. The maximum atomic E-state index is 12.8. The minimum Gasteiger partial charge on any atom is -0.372 e. The van der Waals surface area contributed by atoms with Gasteiger partial charge in [-0.1, -0.05) is 19.9 Å². The van der Waals surface area contributed by atoms with Crippen molar-refractivity contribution in [2.24, 2.45) is 5.92 Å². The van der Waals surface area contributed by atoms with Gasteiger partial charge in [-0.2, -0.15) is 0 Å². The Hall–Kier alpha value is -2.30. The molecule has 4 rings (SSSR count). The number of allylic oxidation sites excluding steroid dienone is 1. The van der Waals surface area contributed by atoms with Gasteiger partial charge in [0.05, 0.1) is 0 Å². The number of carbonyl (C=O) groups is 2. The number of piperidine rings is 2. The standard InChI is InChI=1S/C21H27N3O2/c1-3-15-8-10-23(11-9-15)17-5-6-18-16(12-17)13-24(21(18)26)19-7-4-14(2)22-20(19)25/h5-6,12,15,19H,2-4,7-11,13H2,1H3,(H,22,25). The molecule has 5 heteroatoms. The molecule has 26 heavy (non-hydrogen) atoms. The average Bonchev–Trinajstić information content (AvgIpc) is 2.98. The maximum absolute atomic E-state index is 12.8. The van der Waals surface area contributed by atoms with Crippen molar-refractivity contribution in [2.75, 3.05) is 18.0 Å². The summed E-state index contributed by atoms with van der Waals surface area (Å²) in [5, 5.41) is 2.79. The Morgan fingerprint density at radius 1 is 1.19 bits per heavy atom. The molecule has 3 aliphatic heterocycles. The van der Waals surface area contributed by atoms with Crippen LogP contribution in [0.1, 0.15) is 54.9 Å². The first-order chi connectivity index (χ1) is 12.6. The topological polar surface area (TPSA) is 52.7 Å². The van der Waals surface area contributed by atoms with E-state index in [1.807, 2.05) is 6.07 Å². The van der Waals surface area contributed by atoms with E-state index < -0.39 is 0 Å². The van der Waals surface area contributed by atoms with E-state index in [0.29, 0.717) is 13.0 Å². The van der Waals surface area contributed by atoms with E-state index in [4.69, 9.17) is 0 Å². The van der Waals surface area contributed by atoms with Gasteiger partial charge < -0.3 is 15.1 Å². The lowest BCUT2D eigenvalue weighted by molar-refractivity contribution is -0.126. The quantitative estimate of drug-likeness (QED) is 0.909. The van der Waals surface area contributed by atoms with Crippen LogP contribution >= 0.6 is 0 Å². The lowest BCUT2D eigenvalue weighted by Crippen LogP contribution is -2.49. The normalized spacial score (nSPS) is 24.0. The highest BCUT2D eigenvalue weighted by Gasteiger charge is 2.38. The van der Waals surface area contributed by atoms with Crippen LogP contribution in [0.3, 0.4) is 0 Å². The molecule has 2 fully saturated rings. The number of hydrogen-bond donors (Lipinski definition) is 1. The summed E-state index contributed by atoms with van der Waals surface area (Å²) < 4.78 is 0. The van der Waals surface area contributed by atoms with E-state index >= 15 is 0 Å². The first kappa shape index (κ1) is 17.1. The van der Waals surface area contributed by atoms with Gasteiger partial charge >= 0.3 is 0 Å². The largest absolute Gasteiger partial charge is 0.372 e. The van der Waals surface area contributed by atoms with Crippen molar-refractivity contribution in [3.63, 3.8) is 0 Å². The van der Waals surface area contributed by atoms with Crippen LogP contribution < -0.4 is 10.2 Å². The molecular formula is C21H27N3O2. The lowest BCUT2D eigenvalue weighted by atomic mass is 9.94. The number of fused-ring (bicyclic) bond motifs is 1. The molecule has 3 aliphatic rings. The van der Waals surface area contributed by atoms with Crippen LogP contribution in [0.5, 0.6) is 0 Å². The molecule has 1 N–H and O–H groups in total. The van der Waals surface area contributed by atoms with Crippen LogP contribution in [0.25, 0.3) is 0 Å². The van der Waals surface area contributed by atoms with Crippen LogP contribution in [-0.4, -0.2) is 35.8 Å². The van der Waals surface area contributed by atoms with Gasteiger partial charge in [0.1, 0.15) is 6.04 Å². The molecule has 0 spiro atoms. The molecule has 1 aromatic carbocycles. The second-order valence-electron chi connectivity index (χ2n) is 7.76. The first-order valence-corrected chi connectivity index (χ1v) is 9.74. The predicted octanol–water partition coefficient (Wildman–Crippen LogP) is 3.06. The Balaban J connectivity index is 1.50. The highest BCUT2D eigenvalue weighted by atomic mass is 16.2. The molecule has 0 radical (unpaired) electrons. The Labute approximate surface area is 155 Å². The maximum Gasteiger partial charge on any atom is 0.255 e. The monoisotopic (exact) mass is 353 g/mol. The third-order valence-corrected chi connectivity index (χ3v) is 6.18. The van der Waals surface area contributed by atoms with Gasteiger partial charge in [0.15, 0.2) is 0 Å². The van der Waals surface area contributed by atoms with E-state index in [9.17, 15) is 9.59 Å². The van der Waals surface area contributed by atoms with Gasteiger partial charge in [0.2, 0.25) is 5.91 Å². The number of nitrogens with zero attached hydrogens (tertiary/aromatic N) is 2. The molecular weight excluding hydrogens is 326 g/mol. The third-order valence-electron chi connectivity index (χ3n) is 6.18. The summed E-state index contributed by atoms with van der Waals surface area (Å²) in [6.45, 7) is 8.79. The highest BCUT2D eigenvalue weighted by Crippen LogP contribution is 2.32. The van der Waals surface area contributed by atoms with Crippen molar-refractivity contribution in [1.29, 1.82) is 0 Å². The van der Waals surface area contributed by atoms with Gasteiger partial charge in [-0.15, -0.1) is 0 Å². The predicted molar refractivity (Wildman–Crippen MR) is 102 cm³/mol. The number of hydrogen-bond acceptors (Lipinski definition) is 3. The van der Waals surface area contributed by atoms with Crippen molar-refractivity contribution in [3.8, 4) is 0 Å². The molecule has 0 saturated carbocycles. The Kier molecular flexibility index (Phi) is 4.47. The summed E-state index contributed by atoms with van der Waals surface area (Å²) in [6.07, 6.45) is 5.13. The molecule has 1 unspecified atom stereocenters. The Bertz CT molecular complexity index is 750. The molecule has 0 aliphatic carbocycles. The zero-order valence-electron chi connectivity index (χ0n) is 15.5. The van der Waals surface area contributed by atoms with Crippen LogP contribution in [0.2, 0.25) is 0 Å². The SMILES string of the molecule is C=C1CCC(N2Cc3cc(N4CCC(CC)CC4)ccc3C2=O)C(=O)N1. The molecule has 3 heterocycles. The summed E-state index contributed by atoms with van der Waals surface area (Å²) in [5.74, 6) is 0.713. The molecule has 0 aromatic heterocycles. The number of amides is 2. The lowest BCUT2D eigenvalue weighted by Gasteiger charge is -2.33. The zero-order valence-corrected chi connectivity index (χ0v) is 15.5. The fourth-order valence-electron chi connectivity index (χ4n) is 4.44. The summed E-state index contributed by atoms with van der Waals surface area (Å²) >= 11 is 0. The average molecular weight is 353 g/mol. The second-order valence-corrected chi connectivity index (χ2v) is 7.76.